The summed E-state index contributed by atoms with van der Waals surface area (Å²) in [6, 6.07) is 11.4. The van der Waals surface area contributed by atoms with Crippen LogP contribution in [-0.2, 0) is 4.79 Å². The molecule has 2 aromatic carbocycles. The van der Waals surface area contributed by atoms with E-state index in [1.165, 1.54) is 0 Å². The third-order valence-electron chi connectivity index (χ3n) is 3.35. The van der Waals surface area contributed by atoms with Crippen LogP contribution in [0.4, 0.5) is 11.4 Å². The van der Waals surface area contributed by atoms with Crippen molar-refractivity contribution in [2.75, 3.05) is 19.1 Å². The fourth-order valence-electron chi connectivity index (χ4n) is 2.41. The lowest BCUT2D eigenvalue weighted by Gasteiger charge is -2.31. The molecule has 0 aliphatic carbocycles. The maximum Gasteiger partial charge on any atom is 0.228 e. The largest absolute Gasteiger partial charge is 0.497 e. The van der Waals surface area contributed by atoms with Gasteiger partial charge in [0.15, 0.2) is 0 Å². The van der Waals surface area contributed by atoms with Crippen LogP contribution in [0.1, 0.15) is 6.92 Å². The highest BCUT2D eigenvalue weighted by Gasteiger charge is 2.28. The van der Waals surface area contributed by atoms with E-state index in [-0.39, 0.29) is 5.91 Å². The quantitative estimate of drug-likeness (QED) is 0.844. The minimum atomic E-state index is -0.0313. The third-order valence-corrected chi connectivity index (χ3v) is 4.52. The summed E-state index contributed by atoms with van der Waals surface area (Å²) in [5.74, 6) is 1.50. The summed E-state index contributed by atoms with van der Waals surface area (Å²) in [6.45, 7) is 1.56. The summed E-state index contributed by atoms with van der Waals surface area (Å²) >= 11 is 1.59. The smallest absolute Gasteiger partial charge is 0.228 e. The molecule has 1 amide bonds. The van der Waals surface area contributed by atoms with Crippen LogP contribution < -0.4 is 14.4 Å². The second-order valence-corrected chi connectivity index (χ2v) is 5.65. The van der Waals surface area contributed by atoms with E-state index in [2.05, 4.69) is 0 Å². The van der Waals surface area contributed by atoms with Crippen molar-refractivity contribution in [1.82, 2.24) is 0 Å². The van der Waals surface area contributed by atoms with Crippen LogP contribution in [0.3, 0.4) is 0 Å². The van der Waals surface area contributed by atoms with E-state index < -0.39 is 0 Å². The standard InChI is InChI=1S/C16H15NO3S/c1-10(18)17-12-8-7-11(19-2)9-15(12)21-16-13(17)5-4-6-14(16)20-3/h4-9H,1-3H3. The molecule has 3 rings (SSSR count). The molecule has 0 unspecified atom stereocenters. The molecule has 1 aliphatic rings. The van der Waals surface area contributed by atoms with Crippen molar-refractivity contribution < 1.29 is 14.3 Å². The third kappa shape index (κ3) is 2.23. The predicted octanol–water partition coefficient (Wildman–Crippen LogP) is 3.85. The number of benzene rings is 2. The van der Waals surface area contributed by atoms with E-state index in [9.17, 15) is 4.79 Å². The SMILES string of the molecule is COc1ccc2c(c1)Sc1c(OC)cccc1N2C(C)=O. The molecule has 0 N–H and O–H groups in total. The summed E-state index contributed by atoms with van der Waals surface area (Å²) in [6.07, 6.45) is 0. The number of hydrogen-bond acceptors (Lipinski definition) is 4. The second-order valence-electron chi connectivity index (χ2n) is 4.60. The first-order valence-electron chi connectivity index (χ1n) is 6.49. The van der Waals surface area contributed by atoms with E-state index in [4.69, 9.17) is 9.47 Å². The molecule has 0 aromatic heterocycles. The molecule has 1 heterocycles. The van der Waals surface area contributed by atoms with Gasteiger partial charge in [0, 0.05) is 11.8 Å². The lowest BCUT2D eigenvalue weighted by molar-refractivity contribution is -0.115. The monoisotopic (exact) mass is 301 g/mol. The number of carbonyl (C=O) groups excluding carboxylic acids is 1. The molecule has 1 aliphatic heterocycles. The highest BCUT2D eigenvalue weighted by Crippen LogP contribution is 2.52. The Balaban J connectivity index is 2.22. The molecule has 4 nitrogen and oxygen atoms in total. The van der Waals surface area contributed by atoms with Gasteiger partial charge in [-0.2, -0.15) is 0 Å². The van der Waals surface area contributed by atoms with Gasteiger partial charge in [-0.1, -0.05) is 17.8 Å². The molecular weight excluding hydrogens is 286 g/mol. The lowest BCUT2D eigenvalue weighted by Crippen LogP contribution is -2.25. The minimum absolute atomic E-state index is 0.0313. The number of hydrogen-bond donors (Lipinski definition) is 0. The zero-order valence-corrected chi connectivity index (χ0v) is 12.9. The van der Waals surface area contributed by atoms with Gasteiger partial charge in [-0.25, -0.2) is 0 Å². The first-order valence-corrected chi connectivity index (χ1v) is 7.31. The van der Waals surface area contributed by atoms with Crippen LogP contribution in [0.15, 0.2) is 46.2 Å². The molecule has 108 valence electrons. The highest BCUT2D eigenvalue weighted by atomic mass is 32.2. The Bertz CT molecular complexity index is 715. The topological polar surface area (TPSA) is 38.8 Å². The van der Waals surface area contributed by atoms with Gasteiger partial charge >= 0.3 is 0 Å². The van der Waals surface area contributed by atoms with E-state index in [0.29, 0.717) is 0 Å². The van der Waals surface area contributed by atoms with Crippen LogP contribution in [0.5, 0.6) is 11.5 Å². The van der Waals surface area contributed by atoms with Crippen LogP contribution in [0.25, 0.3) is 0 Å². The average molecular weight is 301 g/mol. The van der Waals surface area contributed by atoms with Crippen molar-refractivity contribution in [3.05, 3.63) is 36.4 Å². The molecule has 0 fully saturated rings. The van der Waals surface area contributed by atoms with Gasteiger partial charge in [0.2, 0.25) is 5.91 Å². The Morgan fingerprint density at radius 1 is 1.10 bits per heavy atom. The van der Waals surface area contributed by atoms with Gasteiger partial charge in [0.1, 0.15) is 11.5 Å². The van der Waals surface area contributed by atoms with Crippen LogP contribution >= 0.6 is 11.8 Å². The Kier molecular flexibility index (Phi) is 3.51. The number of nitrogens with zero attached hydrogens (tertiary/aromatic N) is 1. The highest BCUT2D eigenvalue weighted by molar-refractivity contribution is 7.99. The van der Waals surface area contributed by atoms with Crippen molar-refractivity contribution in [2.24, 2.45) is 0 Å². The molecule has 0 saturated carbocycles. The summed E-state index contributed by atoms with van der Waals surface area (Å²) in [5.41, 5.74) is 1.72. The molecule has 0 radical (unpaired) electrons. The summed E-state index contributed by atoms with van der Waals surface area (Å²) in [5, 5.41) is 0. The van der Waals surface area contributed by atoms with E-state index in [1.807, 2.05) is 36.4 Å². The zero-order valence-electron chi connectivity index (χ0n) is 12.0. The Morgan fingerprint density at radius 2 is 1.90 bits per heavy atom. The average Bonchev–Trinajstić information content (AvgIpc) is 2.50. The number of rotatable bonds is 2. The maximum absolute atomic E-state index is 12.1. The minimum Gasteiger partial charge on any atom is -0.497 e. The fourth-order valence-corrected chi connectivity index (χ4v) is 3.59. The first-order chi connectivity index (χ1) is 10.2. The van der Waals surface area contributed by atoms with Crippen molar-refractivity contribution in [3.8, 4) is 11.5 Å². The van der Waals surface area contributed by atoms with Crippen molar-refractivity contribution in [2.45, 2.75) is 16.7 Å². The molecule has 2 aromatic rings. The fraction of sp³-hybridized carbons (Fsp3) is 0.188. The first kappa shape index (κ1) is 13.8. The van der Waals surface area contributed by atoms with Gasteiger partial charge in [-0.05, 0) is 30.3 Å². The number of methoxy groups -OCH3 is 2. The van der Waals surface area contributed by atoms with Crippen molar-refractivity contribution >= 4 is 29.0 Å². The van der Waals surface area contributed by atoms with E-state index in [1.54, 1.807) is 37.8 Å². The summed E-state index contributed by atoms with van der Waals surface area (Å²) < 4.78 is 10.7. The Labute approximate surface area is 127 Å². The van der Waals surface area contributed by atoms with Gasteiger partial charge in [-0.3, -0.25) is 9.69 Å². The van der Waals surface area contributed by atoms with Gasteiger partial charge in [-0.15, -0.1) is 0 Å². The van der Waals surface area contributed by atoms with Crippen LogP contribution in [0.2, 0.25) is 0 Å². The van der Waals surface area contributed by atoms with Gasteiger partial charge < -0.3 is 9.47 Å². The van der Waals surface area contributed by atoms with Crippen LogP contribution in [-0.4, -0.2) is 20.1 Å². The Hall–Kier alpha value is -2.14. The molecule has 0 bridgehead atoms. The van der Waals surface area contributed by atoms with Crippen molar-refractivity contribution in [1.29, 1.82) is 0 Å². The van der Waals surface area contributed by atoms with Gasteiger partial charge in [0.25, 0.3) is 0 Å². The number of amides is 1. The summed E-state index contributed by atoms with van der Waals surface area (Å²) in [4.78, 5) is 15.7. The molecule has 0 atom stereocenters. The normalized spacial score (nSPS) is 12.4. The van der Waals surface area contributed by atoms with Crippen molar-refractivity contribution in [3.63, 3.8) is 0 Å². The molecule has 0 spiro atoms. The predicted molar refractivity (Wildman–Crippen MR) is 82.9 cm³/mol. The van der Waals surface area contributed by atoms with E-state index in [0.717, 1.165) is 32.7 Å². The zero-order chi connectivity index (χ0) is 15.0. The molecule has 0 saturated heterocycles. The second kappa shape index (κ2) is 5.33. The number of anilines is 2. The number of ether oxygens (including phenoxy) is 2. The van der Waals surface area contributed by atoms with E-state index >= 15 is 0 Å². The number of fused-ring (bicyclic) bond motifs is 2. The Morgan fingerprint density at radius 3 is 2.57 bits per heavy atom. The number of carbonyl (C=O) groups is 1. The van der Waals surface area contributed by atoms with Gasteiger partial charge in [0.05, 0.1) is 30.5 Å². The summed E-state index contributed by atoms with van der Waals surface area (Å²) in [7, 11) is 3.27. The van der Waals surface area contributed by atoms with Crippen LogP contribution in [0, 0.1) is 0 Å². The maximum atomic E-state index is 12.1. The lowest BCUT2D eigenvalue weighted by atomic mass is 10.2. The molecule has 21 heavy (non-hydrogen) atoms. The molecule has 5 heteroatoms. The molecular formula is C16H15NO3S.